The van der Waals surface area contributed by atoms with Gasteiger partial charge in [0.15, 0.2) is 11.0 Å². The van der Waals surface area contributed by atoms with E-state index >= 15 is 0 Å². The Balaban J connectivity index is 1.56. The Kier molecular flexibility index (Phi) is 7.77. The van der Waals surface area contributed by atoms with Gasteiger partial charge in [-0.2, -0.15) is 0 Å². The van der Waals surface area contributed by atoms with Gasteiger partial charge in [0.25, 0.3) is 0 Å². The molecule has 0 aliphatic heterocycles. The van der Waals surface area contributed by atoms with Gasteiger partial charge in [-0.1, -0.05) is 64.8 Å². The lowest BCUT2D eigenvalue weighted by molar-refractivity contribution is -0.115. The third kappa shape index (κ3) is 6.11. The molecule has 0 aliphatic rings. The molecule has 1 atom stereocenters. The Hall–Kier alpha value is -3.00. The number of nitrogens with one attached hydrogen (secondary N) is 2. The lowest BCUT2D eigenvalue weighted by Crippen LogP contribution is -2.23. The minimum atomic E-state index is -0.416. The van der Waals surface area contributed by atoms with Crippen molar-refractivity contribution in [2.75, 3.05) is 10.6 Å². The Morgan fingerprint density at radius 1 is 0.971 bits per heavy atom. The summed E-state index contributed by atoms with van der Waals surface area (Å²) in [6.45, 7) is 4.31. The maximum Gasteiger partial charge on any atom is 0.237 e. The number of aryl methyl sites for hydroxylation is 1. The average Bonchev–Trinajstić information content (AvgIpc) is 3.20. The van der Waals surface area contributed by atoms with Crippen molar-refractivity contribution in [3.05, 3.63) is 94.2 Å². The molecule has 4 aromatic rings. The van der Waals surface area contributed by atoms with E-state index in [1.54, 1.807) is 24.3 Å². The lowest BCUT2D eigenvalue weighted by Gasteiger charge is -2.15. The van der Waals surface area contributed by atoms with Gasteiger partial charge in [-0.25, -0.2) is 0 Å². The van der Waals surface area contributed by atoms with Gasteiger partial charge in [0.2, 0.25) is 5.91 Å². The Bertz CT molecular complexity index is 1290. The molecule has 1 aromatic heterocycles. The molecule has 1 unspecified atom stereocenters. The van der Waals surface area contributed by atoms with Gasteiger partial charge < -0.3 is 10.6 Å². The molecule has 34 heavy (non-hydrogen) atoms. The maximum atomic E-state index is 12.8. The topological polar surface area (TPSA) is 71.8 Å². The highest BCUT2D eigenvalue weighted by Crippen LogP contribution is 2.27. The first-order valence-corrected chi connectivity index (χ1v) is 12.3. The Morgan fingerprint density at radius 2 is 1.62 bits per heavy atom. The zero-order chi connectivity index (χ0) is 24.1. The van der Waals surface area contributed by atoms with Gasteiger partial charge in [0.1, 0.15) is 0 Å². The maximum absolute atomic E-state index is 12.8. The number of benzene rings is 3. The third-order valence-corrected chi connectivity index (χ3v) is 6.52. The summed E-state index contributed by atoms with van der Waals surface area (Å²) < 4.78 is 1.96. The summed E-state index contributed by atoms with van der Waals surface area (Å²) in [6, 6.07) is 22.7. The molecule has 174 valence electrons. The molecule has 1 amide bonds. The monoisotopic (exact) mass is 511 g/mol. The lowest BCUT2D eigenvalue weighted by atomic mass is 10.2. The second kappa shape index (κ2) is 11.0. The average molecular weight is 512 g/mol. The number of amides is 1. The molecular weight excluding hydrogens is 489 g/mol. The standard InChI is InChI=1S/C25H23Cl2N5OS/c1-16-9-11-22(12-10-16)32-23(15-28-20-7-3-5-18(26)13-20)30-31-25(32)34-17(2)24(33)29-21-8-4-6-19(27)14-21/h3-14,17,28H,15H2,1-2H3,(H,29,33). The van der Waals surface area contributed by atoms with Gasteiger partial charge in [-0.15, -0.1) is 10.2 Å². The van der Waals surface area contributed by atoms with Gasteiger partial charge in [-0.05, 0) is 62.4 Å². The fourth-order valence-electron chi connectivity index (χ4n) is 3.25. The van der Waals surface area contributed by atoms with Crippen LogP contribution in [0.5, 0.6) is 0 Å². The molecule has 6 nitrogen and oxygen atoms in total. The van der Waals surface area contributed by atoms with Crippen LogP contribution >= 0.6 is 35.0 Å². The van der Waals surface area contributed by atoms with Crippen molar-refractivity contribution in [2.24, 2.45) is 0 Å². The minimum Gasteiger partial charge on any atom is -0.378 e. The first-order valence-electron chi connectivity index (χ1n) is 10.6. The molecule has 3 aromatic carbocycles. The highest BCUT2D eigenvalue weighted by molar-refractivity contribution is 8.00. The predicted octanol–water partition coefficient (Wildman–Crippen LogP) is 6.61. The number of carbonyl (C=O) groups excluding carboxylic acids is 1. The predicted molar refractivity (Wildman–Crippen MR) is 140 cm³/mol. The van der Waals surface area contributed by atoms with Crippen LogP contribution in [0.4, 0.5) is 11.4 Å². The van der Waals surface area contributed by atoms with Crippen molar-refractivity contribution < 1.29 is 4.79 Å². The quantitative estimate of drug-likeness (QED) is 0.260. The number of nitrogens with zero attached hydrogens (tertiary/aromatic N) is 3. The van der Waals surface area contributed by atoms with E-state index in [2.05, 4.69) is 20.8 Å². The molecular formula is C25H23Cl2N5OS. The number of hydrogen-bond acceptors (Lipinski definition) is 5. The van der Waals surface area contributed by atoms with Crippen LogP contribution in [-0.2, 0) is 11.3 Å². The smallest absolute Gasteiger partial charge is 0.237 e. The van der Waals surface area contributed by atoms with E-state index < -0.39 is 5.25 Å². The molecule has 0 saturated carbocycles. The van der Waals surface area contributed by atoms with Crippen molar-refractivity contribution in [1.82, 2.24) is 14.8 Å². The van der Waals surface area contributed by atoms with E-state index in [9.17, 15) is 4.79 Å². The van der Waals surface area contributed by atoms with Crippen LogP contribution in [0.1, 0.15) is 18.3 Å². The number of carbonyl (C=O) groups is 1. The summed E-state index contributed by atoms with van der Waals surface area (Å²) in [5.41, 5.74) is 3.60. The van der Waals surface area contributed by atoms with Crippen molar-refractivity contribution in [1.29, 1.82) is 0 Å². The number of rotatable bonds is 8. The molecule has 0 bridgehead atoms. The van der Waals surface area contributed by atoms with Crippen LogP contribution in [0.3, 0.4) is 0 Å². The second-order valence-corrected chi connectivity index (χ2v) is 9.87. The molecule has 0 radical (unpaired) electrons. The van der Waals surface area contributed by atoms with Gasteiger partial charge in [0, 0.05) is 27.1 Å². The van der Waals surface area contributed by atoms with Gasteiger partial charge in [-0.3, -0.25) is 9.36 Å². The first kappa shape index (κ1) is 24.1. The fraction of sp³-hybridized carbons (Fsp3) is 0.160. The van der Waals surface area contributed by atoms with Crippen LogP contribution in [0.25, 0.3) is 5.69 Å². The molecule has 2 N–H and O–H groups in total. The van der Waals surface area contributed by atoms with Gasteiger partial charge in [0.05, 0.1) is 11.8 Å². The highest BCUT2D eigenvalue weighted by Gasteiger charge is 2.21. The van der Waals surface area contributed by atoms with Crippen LogP contribution in [0, 0.1) is 6.92 Å². The molecule has 0 spiro atoms. The van der Waals surface area contributed by atoms with E-state index in [4.69, 9.17) is 23.2 Å². The fourth-order valence-corrected chi connectivity index (χ4v) is 4.51. The first-order chi connectivity index (χ1) is 16.4. The number of thioether (sulfide) groups is 1. The minimum absolute atomic E-state index is 0.149. The molecule has 0 saturated heterocycles. The zero-order valence-corrected chi connectivity index (χ0v) is 21.0. The highest BCUT2D eigenvalue weighted by atomic mass is 35.5. The number of halogens is 2. The number of hydrogen-bond donors (Lipinski definition) is 2. The van der Waals surface area contributed by atoms with Gasteiger partial charge >= 0.3 is 0 Å². The molecule has 0 aliphatic carbocycles. The zero-order valence-electron chi connectivity index (χ0n) is 18.6. The third-order valence-electron chi connectivity index (χ3n) is 5.01. The van der Waals surface area contributed by atoms with Crippen molar-refractivity contribution in [3.63, 3.8) is 0 Å². The molecule has 0 fully saturated rings. The number of anilines is 2. The summed E-state index contributed by atoms with van der Waals surface area (Å²) in [5, 5.41) is 16.5. The second-order valence-electron chi connectivity index (χ2n) is 7.69. The SMILES string of the molecule is Cc1ccc(-n2c(CNc3cccc(Cl)c3)nnc2SC(C)C(=O)Nc2cccc(Cl)c2)cc1. The largest absolute Gasteiger partial charge is 0.378 e. The Morgan fingerprint density at radius 3 is 2.29 bits per heavy atom. The van der Waals surface area contributed by atoms with E-state index in [1.165, 1.54) is 11.8 Å². The van der Waals surface area contributed by atoms with Crippen molar-refractivity contribution >= 4 is 52.2 Å². The van der Waals surface area contributed by atoms with E-state index in [0.717, 1.165) is 16.9 Å². The van der Waals surface area contributed by atoms with Crippen LogP contribution in [0.15, 0.2) is 78.0 Å². The summed E-state index contributed by atoms with van der Waals surface area (Å²) in [6.07, 6.45) is 0. The molecule has 9 heteroatoms. The molecule has 1 heterocycles. The van der Waals surface area contributed by atoms with Crippen LogP contribution in [-0.4, -0.2) is 25.9 Å². The summed E-state index contributed by atoms with van der Waals surface area (Å²) in [5.74, 6) is 0.568. The van der Waals surface area contributed by atoms with Crippen LogP contribution in [0.2, 0.25) is 10.0 Å². The van der Waals surface area contributed by atoms with Crippen molar-refractivity contribution in [2.45, 2.75) is 30.8 Å². The van der Waals surface area contributed by atoms with Crippen molar-refractivity contribution in [3.8, 4) is 5.69 Å². The van der Waals surface area contributed by atoms with Crippen LogP contribution < -0.4 is 10.6 Å². The normalized spacial score (nSPS) is 11.8. The summed E-state index contributed by atoms with van der Waals surface area (Å²) in [7, 11) is 0. The number of aromatic nitrogens is 3. The summed E-state index contributed by atoms with van der Waals surface area (Å²) >= 11 is 13.5. The summed E-state index contributed by atoms with van der Waals surface area (Å²) in [4.78, 5) is 12.8. The van der Waals surface area contributed by atoms with E-state index in [-0.39, 0.29) is 5.91 Å². The van der Waals surface area contributed by atoms with E-state index in [1.807, 2.05) is 66.9 Å². The Labute approximate surface area is 212 Å². The van der Waals surface area contributed by atoms with E-state index in [0.29, 0.717) is 33.3 Å². The molecule has 4 rings (SSSR count).